The molecule has 0 saturated carbocycles. The number of rotatable bonds is 6. The van der Waals surface area contributed by atoms with Crippen molar-refractivity contribution < 1.29 is 29.7 Å². The minimum Gasteiger partial charge on any atom is -0.480 e. The van der Waals surface area contributed by atoms with Crippen LogP contribution in [0.2, 0.25) is 0 Å². The Hall–Kier alpha value is -2.15. The number of hydrogen-bond donors (Lipinski definition) is 3. The second-order valence-electron chi connectivity index (χ2n) is 3.47. The van der Waals surface area contributed by atoms with Crippen LogP contribution in [0.15, 0.2) is 24.4 Å². The van der Waals surface area contributed by atoms with Crippen LogP contribution >= 0.6 is 0 Å². The Balaban J connectivity index is 2.75. The Kier molecular flexibility index (Phi) is 4.41. The van der Waals surface area contributed by atoms with Crippen molar-refractivity contribution in [3.8, 4) is 0 Å². The molecule has 0 saturated heterocycles. The van der Waals surface area contributed by atoms with Gasteiger partial charge in [-0.2, -0.15) is 0 Å². The van der Waals surface area contributed by atoms with Crippen molar-refractivity contribution in [2.24, 2.45) is 0 Å². The molecule has 0 bridgehead atoms. The number of pyridine rings is 1. The van der Waals surface area contributed by atoms with Crippen molar-refractivity contribution in [3.05, 3.63) is 30.1 Å². The number of carboxylic acid groups (broad SMARTS) is 2. The van der Waals surface area contributed by atoms with Crippen LogP contribution < -0.4 is 4.73 Å². The van der Waals surface area contributed by atoms with Gasteiger partial charge in [0, 0.05) is 16.9 Å². The summed E-state index contributed by atoms with van der Waals surface area (Å²) in [5, 5.41) is 26.7. The molecule has 0 aliphatic rings. The van der Waals surface area contributed by atoms with E-state index in [2.05, 4.69) is 0 Å². The van der Waals surface area contributed by atoms with Crippen molar-refractivity contribution in [2.75, 3.05) is 13.1 Å². The number of carbonyl (C=O) groups is 2. The average molecular weight is 241 g/mol. The van der Waals surface area contributed by atoms with Gasteiger partial charge in [0.05, 0.1) is 19.6 Å². The molecule has 17 heavy (non-hydrogen) atoms. The molecule has 1 aromatic heterocycles. The van der Waals surface area contributed by atoms with Gasteiger partial charge in [0.25, 0.3) is 0 Å². The van der Waals surface area contributed by atoms with Crippen molar-refractivity contribution in [1.29, 1.82) is 0 Å². The van der Waals surface area contributed by atoms with Gasteiger partial charge in [-0.15, -0.1) is 0 Å². The zero-order valence-corrected chi connectivity index (χ0v) is 8.98. The van der Waals surface area contributed by atoms with Gasteiger partial charge in [-0.3, -0.25) is 19.7 Å². The summed E-state index contributed by atoms with van der Waals surface area (Å²) >= 11 is 0. The Morgan fingerprint density at radius 2 is 1.76 bits per heavy atom. The molecule has 92 valence electrons. The van der Waals surface area contributed by atoms with Crippen LogP contribution in [0.25, 0.3) is 0 Å². The highest BCUT2D eigenvalue weighted by atomic mass is 16.5. The van der Waals surface area contributed by atoms with Crippen LogP contribution in [-0.2, 0) is 16.1 Å². The molecule has 1 aromatic rings. The minimum atomic E-state index is -1.12. The molecule has 1 rings (SSSR count). The highest BCUT2D eigenvalue weighted by molar-refractivity contribution is 5.72. The number of aromatic nitrogens is 1. The summed E-state index contributed by atoms with van der Waals surface area (Å²) in [4.78, 5) is 22.3. The maximum absolute atomic E-state index is 10.6. The van der Waals surface area contributed by atoms with Crippen molar-refractivity contribution >= 4 is 11.9 Å². The summed E-state index contributed by atoms with van der Waals surface area (Å²) in [6.45, 7) is -0.766. The molecule has 0 spiro atoms. The topological polar surface area (TPSA) is 102 Å². The molecule has 0 aliphatic carbocycles. The smallest absolute Gasteiger partial charge is 0.317 e. The lowest BCUT2D eigenvalue weighted by Crippen LogP contribution is -2.41. The van der Waals surface area contributed by atoms with E-state index in [9.17, 15) is 14.8 Å². The molecule has 7 heteroatoms. The molecule has 7 nitrogen and oxygen atoms in total. The number of aliphatic carboxylic acids is 2. The maximum atomic E-state index is 10.6. The molecule has 0 amide bonds. The van der Waals surface area contributed by atoms with Gasteiger partial charge < -0.3 is 10.2 Å². The van der Waals surface area contributed by atoms with Gasteiger partial charge in [0.1, 0.15) is 0 Å². The first kappa shape index (κ1) is 12.9. The third-order valence-corrected chi connectivity index (χ3v) is 2.02. The second kappa shape index (κ2) is 5.80. The maximum Gasteiger partial charge on any atom is 0.317 e. The van der Waals surface area contributed by atoms with Crippen LogP contribution in [0.3, 0.4) is 0 Å². The van der Waals surface area contributed by atoms with Gasteiger partial charge in [-0.25, -0.2) is 0 Å². The first-order chi connectivity index (χ1) is 7.99. The van der Waals surface area contributed by atoms with E-state index < -0.39 is 25.0 Å². The minimum absolute atomic E-state index is 0.0376. The van der Waals surface area contributed by atoms with Gasteiger partial charge in [0.2, 0.25) is 11.9 Å². The quantitative estimate of drug-likeness (QED) is 0.444. The van der Waals surface area contributed by atoms with Crippen LogP contribution in [0, 0.1) is 0 Å². The second-order valence-corrected chi connectivity index (χ2v) is 3.47. The molecular formula is C10H13N2O5+. The monoisotopic (exact) mass is 241 g/mol. The Morgan fingerprint density at radius 3 is 2.24 bits per heavy atom. The Morgan fingerprint density at radius 1 is 1.18 bits per heavy atom. The van der Waals surface area contributed by atoms with E-state index in [1.807, 2.05) is 0 Å². The number of hydrogen-bond acceptors (Lipinski definition) is 4. The largest absolute Gasteiger partial charge is 0.480 e. The van der Waals surface area contributed by atoms with Crippen LogP contribution in [0.1, 0.15) is 5.69 Å². The van der Waals surface area contributed by atoms with E-state index >= 15 is 0 Å². The molecular weight excluding hydrogens is 228 g/mol. The van der Waals surface area contributed by atoms with Crippen LogP contribution in [0.4, 0.5) is 0 Å². The summed E-state index contributed by atoms with van der Waals surface area (Å²) in [5.41, 5.74) is 0.412. The van der Waals surface area contributed by atoms with Crippen LogP contribution in [-0.4, -0.2) is 45.3 Å². The van der Waals surface area contributed by atoms with Crippen molar-refractivity contribution in [1.82, 2.24) is 4.90 Å². The van der Waals surface area contributed by atoms with Gasteiger partial charge >= 0.3 is 11.9 Å². The SMILES string of the molecule is O=C(O)CN(CC(=O)O)Cc1cccc[n+]1O. The van der Waals surface area contributed by atoms with E-state index in [0.717, 1.165) is 4.73 Å². The molecule has 0 aliphatic heterocycles. The van der Waals surface area contributed by atoms with Crippen molar-refractivity contribution in [2.45, 2.75) is 6.54 Å². The molecule has 0 radical (unpaired) electrons. The van der Waals surface area contributed by atoms with Gasteiger partial charge in [-0.1, -0.05) is 0 Å². The first-order valence-corrected chi connectivity index (χ1v) is 4.84. The number of nitrogens with zero attached hydrogens (tertiary/aromatic N) is 2. The van der Waals surface area contributed by atoms with E-state index in [4.69, 9.17) is 10.2 Å². The lowest BCUT2D eigenvalue weighted by atomic mass is 10.3. The summed E-state index contributed by atoms with van der Waals surface area (Å²) in [5.74, 6) is -2.24. The Labute approximate surface area is 97.1 Å². The highest BCUT2D eigenvalue weighted by Gasteiger charge is 2.18. The summed E-state index contributed by atoms with van der Waals surface area (Å²) in [6.07, 6.45) is 1.38. The third kappa shape index (κ3) is 4.47. The average Bonchev–Trinajstić information content (AvgIpc) is 2.19. The fourth-order valence-corrected chi connectivity index (χ4v) is 1.37. The van der Waals surface area contributed by atoms with Crippen LogP contribution in [0.5, 0.6) is 0 Å². The first-order valence-electron chi connectivity index (χ1n) is 4.84. The normalized spacial score (nSPS) is 10.4. The zero-order valence-electron chi connectivity index (χ0n) is 8.98. The Bertz CT molecular complexity index is 405. The summed E-state index contributed by atoms with van der Waals surface area (Å²) in [7, 11) is 0. The number of carboxylic acids is 2. The molecule has 0 aromatic carbocycles. The van der Waals surface area contributed by atoms with Gasteiger partial charge in [-0.05, 0) is 6.07 Å². The fraction of sp³-hybridized carbons (Fsp3) is 0.300. The lowest BCUT2D eigenvalue weighted by Gasteiger charge is -2.15. The summed E-state index contributed by atoms with van der Waals surface area (Å²) < 4.78 is 0.830. The third-order valence-electron chi connectivity index (χ3n) is 2.02. The van der Waals surface area contributed by atoms with E-state index in [1.54, 1.807) is 18.2 Å². The van der Waals surface area contributed by atoms with Crippen molar-refractivity contribution in [3.63, 3.8) is 0 Å². The van der Waals surface area contributed by atoms with E-state index in [1.165, 1.54) is 11.1 Å². The van der Waals surface area contributed by atoms with E-state index in [-0.39, 0.29) is 6.54 Å². The molecule has 0 unspecified atom stereocenters. The highest BCUT2D eigenvalue weighted by Crippen LogP contribution is 1.99. The molecule has 0 fully saturated rings. The summed E-state index contributed by atoms with van der Waals surface area (Å²) in [6, 6.07) is 4.85. The van der Waals surface area contributed by atoms with Gasteiger partial charge in [0.15, 0.2) is 0 Å². The fourth-order valence-electron chi connectivity index (χ4n) is 1.37. The zero-order chi connectivity index (χ0) is 12.8. The lowest BCUT2D eigenvalue weighted by molar-refractivity contribution is -0.910. The molecule has 0 atom stereocenters. The van der Waals surface area contributed by atoms with E-state index in [0.29, 0.717) is 5.69 Å². The standard InChI is InChI=1S/C10H12N2O5/c13-9(14)6-11(7-10(15)16)5-8-3-1-2-4-12(8)17/h1-4H,5-7H2,(H2-,13,14,15,16,17)/p+1. The molecule has 1 heterocycles. The predicted molar refractivity (Wildman–Crippen MR) is 54.4 cm³/mol. The molecule has 3 N–H and O–H groups in total. The predicted octanol–water partition coefficient (Wildman–Crippen LogP) is -0.817.